The molecule has 0 radical (unpaired) electrons. The highest BCUT2D eigenvalue weighted by Gasteiger charge is 2.18. The first-order valence-corrected chi connectivity index (χ1v) is 6.30. The second-order valence-electron chi connectivity index (χ2n) is 4.21. The summed E-state index contributed by atoms with van der Waals surface area (Å²) < 4.78 is 0. The van der Waals surface area contributed by atoms with E-state index in [2.05, 4.69) is 20.9 Å². The number of imide groups is 1. The number of amides is 3. The van der Waals surface area contributed by atoms with Gasteiger partial charge in [-0.05, 0) is 32.9 Å². The number of pyridine rings is 1. The Morgan fingerprint density at radius 1 is 1.32 bits per heavy atom. The maximum Gasteiger partial charge on any atom is 0.321 e. The van der Waals surface area contributed by atoms with Gasteiger partial charge in [0.15, 0.2) is 0 Å². The molecule has 3 N–H and O–H groups in total. The molecule has 0 aliphatic heterocycles. The Hall–Kier alpha value is -1.95. The topological polar surface area (TPSA) is 83.1 Å². The number of rotatable bonds is 5. The zero-order valence-corrected chi connectivity index (χ0v) is 11.4. The average Bonchev–Trinajstić information content (AvgIpc) is 2.39. The van der Waals surface area contributed by atoms with Crippen LogP contribution in [0.2, 0.25) is 0 Å². The van der Waals surface area contributed by atoms with Gasteiger partial charge in [0.1, 0.15) is 0 Å². The Balaban J connectivity index is 2.48. The van der Waals surface area contributed by atoms with Crippen molar-refractivity contribution in [2.75, 3.05) is 6.54 Å². The van der Waals surface area contributed by atoms with Crippen LogP contribution in [0, 0.1) is 0 Å². The third-order valence-electron chi connectivity index (χ3n) is 2.60. The third-order valence-corrected chi connectivity index (χ3v) is 2.60. The molecule has 1 heterocycles. The van der Waals surface area contributed by atoms with Crippen molar-refractivity contribution in [3.05, 3.63) is 30.1 Å². The van der Waals surface area contributed by atoms with E-state index in [1.165, 1.54) is 0 Å². The Morgan fingerprint density at radius 2 is 2.05 bits per heavy atom. The Kier molecular flexibility index (Phi) is 5.95. The molecular weight excluding hydrogens is 244 g/mol. The fourth-order valence-electron chi connectivity index (χ4n) is 1.59. The van der Waals surface area contributed by atoms with Gasteiger partial charge in [0.05, 0.1) is 11.7 Å². The van der Waals surface area contributed by atoms with Crippen LogP contribution in [0.15, 0.2) is 24.4 Å². The predicted octanol–water partition coefficient (Wildman–Crippen LogP) is 0.966. The minimum absolute atomic E-state index is 0.0730. The molecule has 3 amide bonds. The Morgan fingerprint density at radius 3 is 2.63 bits per heavy atom. The molecule has 0 aromatic carbocycles. The first-order chi connectivity index (χ1) is 9.04. The van der Waals surface area contributed by atoms with E-state index < -0.39 is 12.1 Å². The fraction of sp³-hybridized carbons (Fsp3) is 0.462. The number of hydrogen-bond donors (Lipinski definition) is 3. The first kappa shape index (κ1) is 15.1. The van der Waals surface area contributed by atoms with Gasteiger partial charge in [-0.15, -0.1) is 0 Å². The average molecular weight is 264 g/mol. The molecule has 0 fully saturated rings. The maximum atomic E-state index is 11.7. The highest BCUT2D eigenvalue weighted by molar-refractivity contribution is 5.96. The molecule has 0 saturated carbocycles. The lowest BCUT2D eigenvalue weighted by Gasteiger charge is -2.18. The van der Waals surface area contributed by atoms with Crippen LogP contribution in [0.1, 0.15) is 32.5 Å². The summed E-state index contributed by atoms with van der Waals surface area (Å²) >= 11 is 0. The molecule has 0 spiro atoms. The SMILES string of the molecule is CCNC(=O)NC(=O)C(C)N[C@H](C)c1ccccn1. The highest BCUT2D eigenvalue weighted by atomic mass is 16.2. The predicted molar refractivity (Wildman–Crippen MR) is 72.5 cm³/mol. The normalized spacial score (nSPS) is 13.4. The van der Waals surface area contributed by atoms with Crippen LogP contribution in [0.25, 0.3) is 0 Å². The van der Waals surface area contributed by atoms with E-state index in [1.54, 1.807) is 20.0 Å². The van der Waals surface area contributed by atoms with Gasteiger partial charge in [-0.3, -0.25) is 20.4 Å². The molecule has 2 atom stereocenters. The highest BCUT2D eigenvalue weighted by Crippen LogP contribution is 2.08. The van der Waals surface area contributed by atoms with Crippen molar-refractivity contribution < 1.29 is 9.59 Å². The summed E-state index contributed by atoms with van der Waals surface area (Å²) in [6.07, 6.45) is 1.70. The number of hydrogen-bond acceptors (Lipinski definition) is 4. The summed E-state index contributed by atoms with van der Waals surface area (Å²) in [5.74, 6) is -0.367. The fourth-order valence-corrected chi connectivity index (χ4v) is 1.59. The van der Waals surface area contributed by atoms with E-state index in [0.717, 1.165) is 5.69 Å². The van der Waals surface area contributed by atoms with Crippen LogP contribution in [0.5, 0.6) is 0 Å². The number of urea groups is 1. The molecule has 1 rings (SSSR count). The Bertz CT molecular complexity index is 422. The smallest absolute Gasteiger partial charge is 0.321 e. The number of carbonyl (C=O) groups excluding carboxylic acids is 2. The van der Waals surface area contributed by atoms with Gasteiger partial charge in [0, 0.05) is 18.8 Å². The van der Waals surface area contributed by atoms with E-state index in [0.29, 0.717) is 6.54 Å². The summed E-state index contributed by atoms with van der Waals surface area (Å²) in [4.78, 5) is 27.2. The van der Waals surface area contributed by atoms with Gasteiger partial charge in [-0.1, -0.05) is 6.07 Å². The van der Waals surface area contributed by atoms with E-state index in [4.69, 9.17) is 0 Å². The van der Waals surface area contributed by atoms with Crippen molar-refractivity contribution in [1.29, 1.82) is 0 Å². The summed E-state index contributed by atoms with van der Waals surface area (Å²) in [6, 6.07) is 4.57. The van der Waals surface area contributed by atoms with Crippen LogP contribution >= 0.6 is 0 Å². The molecule has 19 heavy (non-hydrogen) atoms. The van der Waals surface area contributed by atoms with E-state index in [1.807, 2.05) is 25.1 Å². The molecule has 6 heteroatoms. The molecule has 0 aliphatic rings. The van der Waals surface area contributed by atoms with Gasteiger partial charge in [0.25, 0.3) is 0 Å². The number of nitrogens with one attached hydrogen (secondary N) is 3. The molecule has 0 bridgehead atoms. The summed E-state index contributed by atoms with van der Waals surface area (Å²) in [5.41, 5.74) is 0.847. The van der Waals surface area contributed by atoms with Crippen molar-refractivity contribution in [3.63, 3.8) is 0 Å². The zero-order chi connectivity index (χ0) is 14.3. The van der Waals surface area contributed by atoms with E-state index in [-0.39, 0.29) is 11.9 Å². The summed E-state index contributed by atoms with van der Waals surface area (Å²) in [6.45, 7) is 5.88. The minimum Gasteiger partial charge on any atom is -0.338 e. The van der Waals surface area contributed by atoms with Crippen molar-refractivity contribution >= 4 is 11.9 Å². The van der Waals surface area contributed by atoms with Crippen molar-refractivity contribution in [1.82, 2.24) is 20.9 Å². The second kappa shape index (κ2) is 7.48. The molecule has 1 aromatic heterocycles. The third kappa shape index (κ3) is 5.05. The minimum atomic E-state index is -0.486. The summed E-state index contributed by atoms with van der Waals surface area (Å²) in [5, 5.41) is 7.86. The molecule has 1 aromatic rings. The maximum absolute atomic E-state index is 11.7. The van der Waals surface area contributed by atoms with Crippen LogP contribution in [-0.4, -0.2) is 29.5 Å². The number of carbonyl (C=O) groups is 2. The number of aromatic nitrogens is 1. The van der Waals surface area contributed by atoms with E-state index >= 15 is 0 Å². The lowest BCUT2D eigenvalue weighted by Crippen LogP contribution is -2.48. The van der Waals surface area contributed by atoms with E-state index in [9.17, 15) is 9.59 Å². The van der Waals surface area contributed by atoms with Gasteiger partial charge < -0.3 is 5.32 Å². The largest absolute Gasteiger partial charge is 0.338 e. The molecule has 104 valence electrons. The lowest BCUT2D eigenvalue weighted by molar-refractivity contribution is -0.121. The summed E-state index contributed by atoms with van der Waals surface area (Å²) in [7, 11) is 0. The van der Waals surface area contributed by atoms with Gasteiger partial charge in [-0.2, -0.15) is 0 Å². The molecule has 0 saturated heterocycles. The van der Waals surface area contributed by atoms with Crippen LogP contribution in [0.4, 0.5) is 4.79 Å². The quantitative estimate of drug-likeness (QED) is 0.740. The van der Waals surface area contributed by atoms with Gasteiger partial charge in [0.2, 0.25) is 5.91 Å². The standard InChI is InChI=1S/C13H20N4O2/c1-4-14-13(19)17-12(18)10(3)16-9(2)11-7-5-6-8-15-11/h5-10,16H,4H2,1-3H3,(H2,14,17,18,19)/t9-,10?/m1/s1. The second-order valence-corrected chi connectivity index (χ2v) is 4.21. The molecule has 1 unspecified atom stereocenters. The first-order valence-electron chi connectivity index (χ1n) is 6.30. The molecule has 0 aliphatic carbocycles. The molecular formula is C13H20N4O2. The lowest BCUT2D eigenvalue weighted by atomic mass is 10.2. The number of nitrogens with zero attached hydrogens (tertiary/aromatic N) is 1. The van der Waals surface area contributed by atoms with Crippen molar-refractivity contribution in [2.24, 2.45) is 0 Å². The monoisotopic (exact) mass is 264 g/mol. The van der Waals surface area contributed by atoms with Gasteiger partial charge in [-0.25, -0.2) is 4.79 Å². The van der Waals surface area contributed by atoms with Crippen molar-refractivity contribution in [3.8, 4) is 0 Å². The van der Waals surface area contributed by atoms with Crippen LogP contribution < -0.4 is 16.0 Å². The van der Waals surface area contributed by atoms with Crippen LogP contribution in [-0.2, 0) is 4.79 Å². The van der Waals surface area contributed by atoms with Crippen molar-refractivity contribution in [2.45, 2.75) is 32.9 Å². The van der Waals surface area contributed by atoms with Gasteiger partial charge >= 0.3 is 6.03 Å². The Labute approximate surface area is 113 Å². The molecule has 6 nitrogen and oxygen atoms in total. The van der Waals surface area contributed by atoms with Crippen LogP contribution in [0.3, 0.4) is 0 Å². The zero-order valence-electron chi connectivity index (χ0n) is 11.4.